The quantitative estimate of drug-likeness (QED) is 0.0594. The summed E-state index contributed by atoms with van der Waals surface area (Å²) in [5, 5.41) is 0. The third kappa shape index (κ3) is 23.1. The van der Waals surface area contributed by atoms with Gasteiger partial charge in [0.05, 0.1) is 0 Å². The molecule has 0 aromatic heterocycles. The van der Waals surface area contributed by atoms with Gasteiger partial charge in [-0.15, -0.1) is 0 Å². The molecule has 0 nitrogen and oxygen atoms in total. The second-order valence-corrected chi connectivity index (χ2v) is 15.9. The maximum atomic E-state index is 2.44. The van der Waals surface area contributed by atoms with Crippen molar-refractivity contribution in [1.29, 1.82) is 0 Å². The second-order valence-electron chi connectivity index (χ2n) is 15.9. The van der Waals surface area contributed by atoms with Crippen LogP contribution in [0.25, 0.3) is 0 Å². The minimum absolute atomic E-state index is 0.594. The molecular weight excluding hydrogens is 540 g/mol. The number of rotatable bonds is 38. The van der Waals surface area contributed by atoms with Crippen molar-refractivity contribution in [2.75, 3.05) is 0 Å². The highest BCUT2D eigenvalue weighted by molar-refractivity contribution is 4.98. The summed E-state index contributed by atoms with van der Waals surface area (Å²) in [7, 11) is 0. The van der Waals surface area contributed by atoms with Gasteiger partial charge in [0.1, 0.15) is 0 Å². The first-order valence-electron chi connectivity index (χ1n) is 22.1. The average molecular weight is 633 g/mol. The van der Waals surface area contributed by atoms with Gasteiger partial charge >= 0.3 is 0 Å². The summed E-state index contributed by atoms with van der Waals surface area (Å²) in [6.45, 7) is 14.3. The highest BCUT2D eigenvalue weighted by Gasteiger charge is 2.48. The molecule has 0 heteroatoms. The molecule has 0 spiro atoms. The van der Waals surface area contributed by atoms with Crippen LogP contribution < -0.4 is 0 Å². The maximum Gasteiger partial charge on any atom is -0.0241 e. The Morgan fingerprint density at radius 2 is 0.311 bits per heavy atom. The highest BCUT2D eigenvalue weighted by Crippen LogP contribution is 2.59. The fourth-order valence-corrected chi connectivity index (χ4v) is 8.92. The SMILES string of the molecule is CCCCCCCCCC(CCCCCCC)(CCCCCCCC)C(CCCCC)(CCCCCC)CCCCCCCC. The van der Waals surface area contributed by atoms with E-state index in [-0.39, 0.29) is 0 Å². The Hall–Kier alpha value is 0. The Bertz CT molecular complexity index is 550. The molecule has 0 N–H and O–H groups in total. The molecule has 0 aromatic rings. The number of unbranched alkanes of at least 4 members (excludes halogenated alkanes) is 25. The summed E-state index contributed by atoms with van der Waals surface area (Å²) in [5.74, 6) is 0. The van der Waals surface area contributed by atoms with Crippen LogP contribution in [0.4, 0.5) is 0 Å². The fourth-order valence-electron chi connectivity index (χ4n) is 8.92. The summed E-state index contributed by atoms with van der Waals surface area (Å²) in [6, 6.07) is 0. The molecular formula is C45H92. The van der Waals surface area contributed by atoms with Crippen molar-refractivity contribution >= 4 is 0 Å². The van der Waals surface area contributed by atoms with Crippen LogP contribution in [0.15, 0.2) is 0 Å². The van der Waals surface area contributed by atoms with Gasteiger partial charge in [0.15, 0.2) is 0 Å². The van der Waals surface area contributed by atoms with E-state index < -0.39 is 0 Å². The van der Waals surface area contributed by atoms with E-state index in [0.29, 0.717) is 10.8 Å². The predicted molar refractivity (Wildman–Crippen MR) is 210 cm³/mol. The van der Waals surface area contributed by atoms with Crippen LogP contribution in [0.1, 0.15) is 279 Å². The maximum absolute atomic E-state index is 2.44. The zero-order valence-corrected chi connectivity index (χ0v) is 33.2. The lowest BCUT2D eigenvalue weighted by atomic mass is 9.51. The molecule has 0 saturated heterocycles. The summed E-state index contributed by atoms with van der Waals surface area (Å²) < 4.78 is 0. The Morgan fingerprint density at radius 1 is 0.178 bits per heavy atom. The summed E-state index contributed by atoms with van der Waals surface area (Å²) in [5.41, 5.74) is 1.19. The topological polar surface area (TPSA) is 0 Å². The lowest BCUT2D eigenvalue weighted by Gasteiger charge is -2.53. The van der Waals surface area contributed by atoms with Crippen molar-refractivity contribution in [1.82, 2.24) is 0 Å². The third-order valence-corrected chi connectivity index (χ3v) is 11.9. The molecule has 0 aliphatic carbocycles. The van der Waals surface area contributed by atoms with Crippen molar-refractivity contribution in [2.24, 2.45) is 10.8 Å². The molecule has 0 aromatic carbocycles. The van der Waals surface area contributed by atoms with Crippen LogP contribution in [-0.4, -0.2) is 0 Å². The van der Waals surface area contributed by atoms with E-state index in [1.165, 1.54) is 199 Å². The van der Waals surface area contributed by atoms with E-state index in [2.05, 4.69) is 41.5 Å². The van der Waals surface area contributed by atoms with Crippen LogP contribution >= 0.6 is 0 Å². The lowest BCUT2D eigenvalue weighted by Crippen LogP contribution is -2.43. The zero-order valence-electron chi connectivity index (χ0n) is 33.2. The molecule has 0 radical (unpaired) electrons. The molecule has 0 bridgehead atoms. The summed E-state index contributed by atoms with van der Waals surface area (Å²) in [4.78, 5) is 0. The molecule has 45 heavy (non-hydrogen) atoms. The molecule has 0 aliphatic heterocycles. The zero-order chi connectivity index (χ0) is 33.2. The van der Waals surface area contributed by atoms with Crippen LogP contribution in [-0.2, 0) is 0 Å². The van der Waals surface area contributed by atoms with Gasteiger partial charge in [0.25, 0.3) is 0 Å². The van der Waals surface area contributed by atoms with E-state index in [1.807, 2.05) is 0 Å². The van der Waals surface area contributed by atoms with Crippen molar-refractivity contribution in [3.8, 4) is 0 Å². The van der Waals surface area contributed by atoms with E-state index in [1.54, 1.807) is 38.5 Å². The smallest absolute Gasteiger partial charge is 0.0241 e. The standard InChI is InChI=1S/C45H92/c1-7-13-19-24-27-31-37-43-45(40-34-28-22-16-10-4,42-36-30-26-21-15-9-3)44(38-32-18-12-6,39-33-23-17-11-5)41-35-29-25-20-14-8-2/h7-43H2,1-6H3. The van der Waals surface area contributed by atoms with Crippen LogP contribution in [0, 0.1) is 10.8 Å². The van der Waals surface area contributed by atoms with E-state index in [9.17, 15) is 0 Å². The van der Waals surface area contributed by atoms with Gasteiger partial charge in [-0.2, -0.15) is 0 Å². The van der Waals surface area contributed by atoms with E-state index in [0.717, 1.165) is 0 Å². The first-order valence-corrected chi connectivity index (χ1v) is 22.1. The monoisotopic (exact) mass is 633 g/mol. The molecule has 0 rings (SSSR count). The number of hydrogen-bond acceptors (Lipinski definition) is 0. The Balaban J connectivity index is 6.33. The van der Waals surface area contributed by atoms with Crippen LogP contribution in [0.2, 0.25) is 0 Å². The van der Waals surface area contributed by atoms with Crippen LogP contribution in [0.3, 0.4) is 0 Å². The fraction of sp³-hybridized carbons (Fsp3) is 1.00. The molecule has 0 amide bonds. The van der Waals surface area contributed by atoms with Gasteiger partial charge in [0.2, 0.25) is 0 Å². The minimum atomic E-state index is 0.594. The molecule has 2 atom stereocenters. The average Bonchev–Trinajstić information content (AvgIpc) is 3.05. The Morgan fingerprint density at radius 3 is 0.533 bits per heavy atom. The third-order valence-electron chi connectivity index (χ3n) is 11.9. The molecule has 0 heterocycles. The largest absolute Gasteiger partial charge is 0.0654 e. The normalized spacial score (nSPS) is 14.5. The van der Waals surface area contributed by atoms with Crippen LogP contribution in [0.5, 0.6) is 0 Å². The van der Waals surface area contributed by atoms with Gasteiger partial charge < -0.3 is 0 Å². The summed E-state index contributed by atoms with van der Waals surface area (Å²) in [6.07, 6.45) is 54.5. The van der Waals surface area contributed by atoms with Gasteiger partial charge in [-0.05, 0) is 49.4 Å². The Labute approximate surface area is 289 Å². The molecule has 2 unspecified atom stereocenters. The van der Waals surface area contributed by atoms with E-state index >= 15 is 0 Å². The number of hydrogen-bond donors (Lipinski definition) is 0. The molecule has 272 valence electrons. The van der Waals surface area contributed by atoms with Gasteiger partial charge in [0, 0.05) is 0 Å². The van der Waals surface area contributed by atoms with Gasteiger partial charge in [-0.1, -0.05) is 241 Å². The first-order chi connectivity index (χ1) is 22.1. The first kappa shape index (κ1) is 45.0. The van der Waals surface area contributed by atoms with Gasteiger partial charge in [-0.25, -0.2) is 0 Å². The van der Waals surface area contributed by atoms with Gasteiger partial charge in [-0.3, -0.25) is 0 Å². The minimum Gasteiger partial charge on any atom is -0.0654 e. The molecule has 0 fully saturated rings. The lowest BCUT2D eigenvalue weighted by molar-refractivity contribution is -0.0309. The van der Waals surface area contributed by atoms with Crippen molar-refractivity contribution in [2.45, 2.75) is 279 Å². The Kier molecular flexibility index (Phi) is 33.9. The summed E-state index contributed by atoms with van der Waals surface area (Å²) >= 11 is 0. The van der Waals surface area contributed by atoms with E-state index in [4.69, 9.17) is 0 Å². The predicted octanol–water partition coefficient (Wildman–Crippen LogP) is 17.5. The van der Waals surface area contributed by atoms with Crippen molar-refractivity contribution < 1.29 is 0 Å². The second kappa shape index (κ2) is 33.9. The van der Waals surface area contributed by atoms with Crippen molar-refractivity contribution in [3.05, 3.63) is 0 Å². The van der Waals surface area contributed by atoms with Crippen molar-refractivity contribution in [3.63, 3.8) is 0 Å². The highest BCUT2D eigenvalue weighted by atomic mass is 14.5. The molecule has 0 saturated carbocycles. The molecule has 0 aliphatic rings.